The first-order valence-corrected chi connectivity index (χ1v) is 11.0. The van der Waals surface area contributed by atoms with Crippen LogP contribution in [0, 0.1) is 0 Å². The van der Waals surface area contributed by atoms with Crippen LogP contribution in [0.1, 0.15) is 48.3 Å². The van der Waals surface area contributed by atoms with Crippen LogP contribution in [0.5, 0.6) is 0 Å². The molecule has 3 aromatic rings. The summed E-state index contributed by atoms with van der Waals surface area (Å²) in [5.41, 5.74) is 6.88. The Morgan fingerprint density at radius 2 is 2.03 bits per heavy atom. The fraction of sp³-hybridized carbons (Fsp3) is 0.320. The first kappa shape index (κ1) is 20.3. The molecule has 0 fully saturated rings. The molecule has 0 bridgehead atoms. The van der Waals surface area contributed by atoms with Crippen molar-refractivity contribution in [3.05, 3.63) is 65.9 Å². The maximum absolute atomic E-state index is 12.6. The zero-order valence-electron chi connectivity index (χ0n) is 18.0. The molecule has 0 radical (unpaired) electrons. The van der Waals surface area contributed by atoms with Gasteiger partial charge in [-0.05, 0) is 66.0 Å². The summed E-state index contributed by atoms with van der Waals surface area (Å²) < 4.78 is 0. The van der Waals surface area contributed by atoms with Crippen molar-refractivity contribution in [2.45, 2.75) is 44.4 Å². The molecule has 1 aliphatic heterocycles. The van der Waals surface area contributed by atoms with Crippen LogP contribution >= 0.6 is 0 Å². The molecule has 0 saturated carbocycles. The molecule has 0 saturated heterocycles. The van der Waals surface area contributed by atoms with Crippen molar-refractivity contribution in [3.8, 4) is 11.1 Å². The molecule has 1 unspecified atom stereocenters. The highest BCUT2D eigenvalue weighted by atomic mass is 16.2. The van der Waals surface area contributed by atoms with E-state index in [1.54, 1.807) is 23.5 Å². The topological polar surface area (TPSA) is 88.1 Å². The molecule has 2 amide bonds. The number of anilines is 2. The molecule has 7 nitrogen and oxygen atoms in total. The van der Waals surface area contributed by atoms with E-state index in [-0.39, 0.29) is 17.7 Å². The van der Waals surface area contributed by atoms with E-state index in [9.17, 15) is 9.59 Å². The molecular weight excluding hydrogens is 402 g/mol. The van der Waals surface area contributed by atoms with Crippen LogP contribution < -0.4 is 10.2 Å². The Morgan fingerprint density at radius 3 is 2.88 bits per heavy atom. The second-order valence-electron chi connectivity index (χ2n) is 8.48. The average molecular weight is 428 g/mol. The Kier molecular flexibility index (Phi) is 5.39. The summed E-state index contributed by atoms with van der Waals surface area (Å²) in [5.74, 6) is 0.698. The number of nitrogens with one attached hydrogen (secondary N) is 1. The van der Waals surface area contributed by atoms with Gasteiger partial charge in [0.1, 0.15) is 0 Å². The Balaban J connectivity index is 1.42. The Labute approximate surface area is 186 Å². The number of aromatic nitrogens is 3. The molecule has 32 heavy (non-hydrogen) atoms. The number of benzene rings is 1. The smallest absolute Gasteiger partial charge is 0.227 e. The van der Waals surface area contributed by atoms with Gasteiger partial charge in [-0.25, -0.2) is 4.98 Å². The predicted molar refractivity (Wildman–Crippen MR) is 122 cm³/mol. The van der Waals surface area contributed by atoms with Gasteiger partial charge in [-0.1, -0.05) is 6.07 Å². The maximum Gasteiger partial charge on any atom is 0.227 e. The lowest BCUT2D eigenvalue weighted by atomic mass is 9.79. The Morgan fingerprint density at radius 1 is 1.12 bits per heavy atom. The molecule has 1 aliphatic carbocycles. The molecule has 1 atom stereocenters. The third-order valence-corrected chi connectivity index (χ3v) is 6.51. The van der Waals surface area contributed by atoms with E-state index in [0.29, 0.717) is 18.7 Å². The minimum atomic E-state index is -0.0600. The van der Waals surface area contributed by atoms with Gasteiger partial charge in [-0.15, -0.1) is 0 Å². The van der Waals surface area contributed by atoms with Gasteiger partial charge in [0.05, 0.1) is 6.20 Å². The summed E-state index contributed by atoms with van der Waals surface area (Å²) in [5, 5.41) is 2.84. The van der Waals surface area contributed by atoms with Gasteiger partial charge in [-0.3, -0.25) is 19.6 Å². The maximum atomic E-state index is 12.6. The van der Waals surface area contributed by atoms with Gasteiger partial charge in [0.2, 0.25) is 11.8 Å². The zero-order valence-corrected chi connectivity index (χ0v) is 18.0. The summed E-state index contributed by atoms with van der Waals surface area (Å²) >= 11 is 0. The number of carbonyl (C=O) groups is 2. The number of rotatable bonds is 4. The van der Waals surface area contributed by atoms with E-state index >= 15 is 0 Å². The van der Waals surface area contributed by atoms with Crippen molar-refractivity contribution in [1.82, 2.24) is 15.0 Å². The summed E-state index contributed by atoms with van der Waals surface area (Å²) in [6.45, 7) is 0. The van der Waals surface area contributed by atoms with E-state index < -0.39 is 0 Å². The van der Waals surface area contributed by atoms with Crippen LogP contribution in [-0.4, -0.2) is 33.8 Å². The standard InChI is InChI=1S/C25H25N5O2/c1-30-22-7-5-17(11-18(22)6-8-25(30)32)21-14-27-13-20-16(3-2-4-19(20)21)12-24(31)29-23-15-26-9-10-28-23/h5,7,9-11,13-16H,2-4,6,8,12H2,1H3,(H,28,29,31). The average Bonchev–Trinajstić information content (AvgIpc) is 2.82. The van der Waals surface area contributed by atoms with Crippen LogP contribution in [0.25, 0.3) is 11.1 Å². The number of fused-ring (bicyclic) bond motifs is 2. The Bertz CT molecular complexity index is 1180. The van der Waals surface area contributed by atoms with Crippen molar-refractivity contribution in [3.63, 3.8) is 0 Å². The fourth-order valence-corrected chi connectivity index (χ4v) is 4.88. The number of hydrogen-bond acceptors (Lipinski definition) is 5. The lowest BCUT2D eigenvalue weighted by molar-refractivity contribution is -0.118. The summed E-state index contributed by atoms with van der Waals surface area (Å²) in [6.07, 6.45) is 13.2. The normalized spacial score (nSPS) is 17.5. The third-order valence-electron chi connectivity index (χ3n) is 6.51. The van der Waals surface area contributed by atoms with Crippen LogP contribution in [0.4, 0.5) is 11.5 Å². The molecule has 7 heteroatoms. The van der Waals surface area contributed by atoms with E-state index in [2.05, 4.69) is 32.4 Å². The van der Waals surface area contributed by atoms with Gasteiger partial charge in [0, 0.05) is 55.9 Å². The highest BCUT2D eigenvalue weighted by molar-refractivity contribution is 5.96. The lowest BCUT2D eigenvalue weighted by Crippen LogP contribution is -2.31. The molecule has 0 spiro atoms. The SMILES string of the molecule is CN1C(=O)CCc2cc(-c3cncc4c3CCCC4CC(=O)Nc3cnccn3)ccc21. The number of hydrogen-bond donors (Lipinski definition) is 1. The van der Waals surface area contributed by atoms with Crippen LogP contribution in [-0.2, 0) is 22.4 Å². The zero-order chi connectivity index (χ0) is 22.1. The second kappa shape index (κ2) is 8.49. The van der Waals surface area contributed by atoms with Gasteiger partial charge in [-0.2, -0.15) is 0 Å². The molecule has 2 aromatic heterocycles. The molecular formula is C25H25N5O2. The predicted octanol–water partition coefficient (Wildman–Crippen LogP) is 3.90. The molecule has 1 N–H and O–H groups in total. The van der Waals surface area contributed by atoms with E-state index in [0.717, 1.165) is 48.1 Å². The molecule has 5 rings (SSSR count). The fourth-order valence-electron chi connectivity index (χ4n) is 4.88. The largest absolute Gasteiger partial charge is 0.315 e. The third kappa shape index (κ3) is 3.86. The minimum Gasteiger partial charge on any atom is -0.315 e. The molecule has 2 aliphatic rings. The van der Waals surface area contributed by atoms with Crippen molar-refractivity contribution < 1.29 is 9.59 Å². The van der Waals surface area contributed by atoms with Gasteiger partial charge >= 0.3 is 0 Å². The van der Waals surface area contributed by atoms with Crippen molar-refractivity contribution in [2.24, 2.45) is 0 Å². The van der Waals surface area contributed by atoms with Crippen molar-refractivity contribution in [2.75, 3.05) is 17.3 Å². The Hall–Kier alpha value is -3.61. The number of carbonyl (C=O) groups excluding carboxylic acids is 2. The van der Waals surface area contributed by atoms with E-state index in [1.165, 1.54) is 11.1 Å². The van der Waals surface area contributed by atoms with Crippen LogP contribution in [0.15, 0.2) is 49.2 Å². The van der Waals surface area contributed by atoms with Crippen molar-refractivity contribution >= 4 is 23.3 Å². The quantitative estimate of drug-likeness (QED) is 0.682. The number of aryl methyl sites for hydroxylation is 1. The molecule has 3 heterocycles. The molecule has 1 aromatic carbocycles. The highest BCUT2D eigenvalue weighted by Crippen LogP contribution is 2.40. The van der Waals surface area contributed by atoms with Crippen LogP contribution in [0.3, 0.4) is 0 Å². The van der Waals surface area contributed by atoms with Gasteiger partial charge in [0.15, 0.2) is 5.82 Å². The number of amides is 2. The highest BCUT2D eigenvalue weighted by Gasteiger charge is 2.26. The van der Waals surface area contributed by atoms with Crippen LogP contribution in [0.2, 0.25) is 0 Å². The molecule has 162 valence electrons. The number of nitrogens with zero attached hydrogens (tertiary/aromatic N) is 4. The van der Waals surface area contributed by atoms with Gasteiger partial charge in [0.25, 0.3) is 0 Å². The first-order valence-electron chi connectivity index (χ1n) is 11.0. The monoisotopic (exact) mass is 427 g/mol. The first-order chi connectivity index (χ1) is 15.6. The van der Waals surface area contributed by atoms with Gasteiger partial charge < -0.3 is 10.2 Å². The summed E-state index contributed by atoms with van der Waals surface area (Å²) in [4.78, 5) is 39.0. The van der Waals surface area contributed by atoms with Crippen molar-refractivity contribution in [1.29, 1.82) is 0 Å². The summed E-state index contributed by atoms with van der Waals surface area (Å²) in [7, 11) is 1.84. The lowest BCUT2D eigenvalue weighted by Gasteiger charge is -2.28. The minimum absolute atomic E-state index is 0.0600. The van der Waals surface area contributed by atoms with E-state index in [1.807, 2.05) is 25.5 Å². The van der Waals surface area contributed by atoms with E-state index in [4.69, 9.17) is 0 Å². The second-order valence-corrected chi connectivity index (χ2v) is 8.48. The number of pyridine rings is 1. The summed E-state index contributed by atoms with van der Waals surface area (Å²) in [6, 6.07) is 6.31.